The summed E-state index contributed by atoms with van der Waals surface area (Å²) in [6, 6.07) is 15.7. The van der Waals surface area contributed by atoms with Gasteiger partial charge in [0.2, 0.25) is 10.0 Å². The van der Waals surface area contributed by atoms with Gasteiger partial charge in [0, 0.05) is 18.8 Å². The van der Waals surface area contributed by atoms with E-state index in [4.69, 9.17) is 0 Å². The Balaban J connectivity index is 1.50. The van der Waals surface area contributed by atoms with Gasteiger partial charge in [-0.3, -0.25) is 4.79 Å². The molecule has 0 atom stereocenters. The molecule has 156 valence electrons. The van der Waals surface area contributed by atoms with Crippen LogP contribution in [0.15, 0.2) is 65.7 Å². The average molecular weight is 426 g/mol. The van der Waals surface area contributed by atoms with Gasteiger partial charge in [0.25, 0.3) is 5.91 Å². The largest absolute Gasteiger partial charge is 0.321 e. The second-order valence-corrected chi connectivity index (χ2v) is 9.12. The first-order valence-electron chi connectivity index (χ1n) is 9.93. The van der Waals surface area contributed by atoms with Crippen molar-refractivity contribution in [1.29, 1.82) is 0 Å². The molecule has 0 unspecified atom stereocenters. The predicted octanol–water partition coefficient (Wildman–Crippen LogP) is 3.08. The topological polar surface area (TPSA) is 97.2 Å². The molecule has 0 aliphatic carbocycles. The summed E-state index contributed by atoms with van der Waals surface area (Å²) in [4.78, 5) is 12.8. The Morgan fingerprint density at radius 1 is 0.933 bits per heavy atom. The van der Waals surface area contributed by atoms with E-state index < -0.39 is 15.9 Å². The van der Waals surface area contributed by atoms with Gasteiger partial charge in [0.05, 0.1) is 16.8 Å². The number of sulfonamides is 1. The van der Waals surface area contributed by atoms with Crippen molar-refractivity contribution in [3.05, 3.63) is 66.5 Å². The zero-order valence-electron chi connectivity index (χ0n) is 16.4. The van der Waals surface area contributed by atoms with Crippen molar-refractivity contribution in [2.75, 3.05) is 18.4 Å². The van der Waals surface area contributed by atoms with Crippen LogP contribution < -0.4 is 5.32 Å². The lowest BCUT2D eigenvalue weighted by Gasteiger charge is -2.20. The van der Waals surface area contributed by atoms with Crippen LogP contribution >= 0.6 is 0 Å². The molecule has 9 heteroatoms. The molecule has 0 spiro atoms. The zero-order valence-corrected chi connectivity index (χ0v) is 17.3. The highest BCUT2D eigenvalue weighted by molar-refractivity contribution is 7.89. The van der Waals surface area contributed by atoms with Crippen LogP contribution in [0.2, 0.25) is 0 Å². The van der Waals surface area contributed by atoms with E-state index in [0.29, 0.717) is 18.8 Å². The van der Waals surface area contributed by atoms with E-state index >= 15 is 0 Å². The summed E-state index contributed by atoms with van der Waals surface area (Å²) >= 11 is 0. The van der Waals surface area contributed by atoms with Crippen molar-refractivity contribution >= 4 is 21.6 Å². The fraction of sp³-hybridized carbons (Fsp3) is 0.286. The van der Waals surface area contributed by atoms with E-state index in [1.165, 1.54) is 21.3 Å². The quantitative estimate of drug-likeness (QED) is 0.678. The summed E-state index contributed by atoms with van der Waals surface area (Å²) < 4.78 is 29.0. The Kier molecular flexibility index (Phi) is 5.91. The molecule has 8 nitrogen and oxygen atoms in total. The van der Waals surface area contributed by atoms with Crippen LogP contribution in [0.25, 0.3) is 5.69 Å². The molecule has 2 aromatic carbocycles. The number of nitrogens with one attached hydrogen (secondary N) is 1. The van der Waals surface area contributed by atoms with Gasteiger partial charge in [-0.2, -0.15) is 4.31 Å². The van der Waals surface area contributed by atoms with Gasteiger partial charge in [0.15, 0.2) is 5.69 Å². The number of nitrogens with zero attached hydrogens (tertiary/aromatic N) is 4. The summed E-state index contributed by atoms with van der Waals surface area (Å²) in [6.07, 6.45) is 5.36. The van der Waals surface area contributed by atoms with Crippen molar-refractivity contribution in [2.45, 2.75) is 30.6 Å². The molecular formula is C21H23N5O3S. The van der Waals surface area contributed by atoms with Crippen LogP contribution in [0.1, 0.15) is 36.2 Å². The summed E-state index contributed by atoms with van der Waals surface area (Å²) in [5.74, 6) is -0.457. The molecule has 3 aromatic rings. The van der Waals surface area contributed by atoms with Crippen molar-refractivity contribution in [3.8, 4) is 5.69 Å². The maximum absolute atomic E-state index is 13.0. The SMILES string of the molecule is O=C(Nc1cccc(S(=O)(=O)N2CCCCCC2)c1)c1cn(-c2ccccc2)nn1. The summed E-state index contributed by atoms with van der Waals surface area (Å²) in [6.45, 7) is 1.06. The van der Waals surface area contributed by atoms with E-state index in [1.807, 2.05) is 30.3 Å². The number of hydrogen-bond acceptors (Lipinski definition) is 5. The number of para-hydroxylation sites is 1. The smallest absolute Gasteiger partial charge is 0.277 e. The predicted molar refractivity (Wildman–Crippen MR) is 113 cm³/mol. The summed E-state index contributed by atoms with van der Waals surface area (Å²) in [5.41, 5.74) is 1.32. The number of carbonyl (C=O) groups excluding carboxylic acids is 1. The first kappa shape index (κ1) is 20.2. The third kappa shape index (κ3) is 4.42. The molecular weight excluding hydrogens is 402 g/mol. The van der Waals surface area contributed by atoms with Gasteiger partial charge in [0.1, 0.15) is 0 Å². The third-order valence-corrected chi connectivity index (χ3v) is 6.94. The van der Waals surface area contributed by atoms with Crippen LogP contribution in [0, 0.1) is 0 Å². The molecule has 1 N–H and O–H groups in total. The molecule has 0 radical (unpaired) electrons. The van der Waals surface area contributed by atoms with E-state index in [1.54, 1.807) is 18.2 Å². The normalized spacial score (nSPS) is 15.5. The number of carbonyl (C=O) groups is 1. The Bertz CT molecular complexity index is 1120. The van der Waals surface area contributed by atoms with Crippen LogP contribution in [0.4, 0.5) is 5.69 Å². The molecule has 1 amide bonds. The maximum atomic E-state index is 13.0. The Morgan fingerprint density at radius 2 is 1.67 bits per heavy atom. The van der Waals surface area contributed by atoms with Gasteiger partial charge in [-0.15, -0.1) is 5.10 Å². The number of hydrogen-bond donors (Lipinski definition) is 1. The number of rotatable bonds is 5. The Labute approximate surface area is 175 Å². The first-order valence-corrected chi connectivity index (χ1v) is 11.4. The molecule has 1 fully saturated rings. The monoisotopic (exact) mass is 425 g/mol. The Hall–Kier alpha value is -3.04. The lowest BCUT2D eigenvalue weighted by molar-refractivity contribution is 0.102. The number of anilines is 1. The lowest BCUT2D eigenvalue weighted by atomic mass is 10.2. The van der Waals surface area contributed by atoms with Gasteiger partial charge in [-0.05, 0) is 43.2 Å². The second-order valence-electron chi connectivity index (χ2n) is 7.18. The summed E-state index contributed by atoms with van der Waals surface area (Å²) in [5, 5.41) is 10.6. The molecule has 1 aliphatic rings. The fourth-order valence-corrected chi connectivity index (χ4v) is 5.00. The van der Waals surface area contributed by atoms with Gasteiger partial charge < -0.3 is 5.32 Å². The van der Waals surface area contributed by atoms with E-state index in [9.17, 15) is 13.2 Å². The minimum Gasteiger partial charge on any atom is -0.321 e. The first-order chi connectivity index (χ1) is 14.5. The standard InChI is InChI=1S/C21H23N5O3S/c27-21(20-16-26(24-23-20)18-10-4-3-5-11-18)22-17-9-8-12-19(15-17)30(28,29)25-13-6-1-2-7-14-25/h3-5,8-12,15-16H,1-2,6-7,13-14H2,(H,22,27). The zero-order chi connectivity index (χ0) is 21.0. The molecule has 1 saturated heterocycles. The van der Waals surface area contributed by atoms with Gasteiger partial charge in [-0.25, -0.2) is 13.1 Å². The number of benzene rings is 2. The maximum Gasteiger partial charge on any atom is 0.277 e. The van der Waals surface area contributed by atoms with Crippen molar-refractivity contribution < 1.29 is 13.2 Å². The van der Waals surface area contributed by atoms with Crippen LogP contribution in [-0.4, -0.2) is 46.7 Å². The van der Waals surface area contributed by atoms with Crippen molar-refractivity contribution in [2.24, 2.45) is 0 Å². The Morgan fingerprint density at radius 3 is 2.40 bits per heavy atom. The van der Waals surface area contributed by atoms with Crippen molar-refractivity contribution in [1.82, 2.24) is 19.3 Å². The molecule has 2 heterocycles. The minimum absolute atomic E-state index is 0.139. The molecule has 4 rings (SSSR count). The average Bonchev–Trinajstić information content (AvgIpc) is 3.10. The van der Waals surface area contributed by atoms with Gasteiger partial charge in [-0.1, -0.05) is 42.3 Å². The highest BCUT2D eigenvalue weighted by Crippen LogP contribution is 2.23. The number of amides is 1. The minimum atomic E-state index is -3.59. The van der Waals surface area contributed by atoms with E-state index in [-0.39, 0.29) is 10.6 Å². The van der Waals surface area contributed by atoms with Crippen molar-refractivity contribution in [3.63, 3.8) is 0 Å². The van der Waals surface area contributed by atoms with Crippen LogP contribution in [0.3, 0.4) is 0 Å². The molecule has 30 heavy (non-hydrogen) atoms. The van der Waals surface area contributed by atoms with E-state index in [0.717, 1.165) is 31.4 Å². The second kappa shape index (κ2) is 8.76. The highest BCUT2D eigenvalue weighted by atomic mass is 32.2. The molecule has 1 aromatic heterocycles. The summed E-state index contributed by atoms with van der Waals surface area (Å²) in [7, 11) is -3.59. The fourth-order valence-electron chi connectivity index (χ4n) is 3.44. The van der Waals surface area contributed by atoms with Crippen LogP contribution in [0.5, 0.6) is 0 Å². The van der Waals surface area contributed by atoms with E-state index in [2.05, 4.69) is 15.6 Å². The molecule has 0 bridgehead atoms. The number of aromatic nitrogens is 3. The van der Waals surface area contributed by atoms with Gasteiger partial charge >= 0.3 is 0 Å². The third-order valence-electron chi connectivity index (χ3n) is 5.04. The lowest BCUT2D eigenvalue weighted by Crippen LogP contribution is -2.32. The highest BCUT2D eigenvalue weighted by Gasteiger charge is 2.25. The molecule has 0 saturated carbocycles. The van der Waals surface area contributed by atoms with Crippen LogP contribution in [-0.2, 0) is 10.0 Å². The molecule has 1 aliphatic heterocycles.